The van der Waals surface area contributed by atoms with E-state index < -0.39 is 95.2 Å². The van der Waals surface area contributed by atoms with Crippen LogP contribution in [0.3, 0.4) is 0 Å². The van der Waals surface area contributed by atoms with Crippen LogP contribution in [0.5, 0.6) is 0 Å². The second-order valence-corrected chi connectivity index (χ2v) is 78.0. The van der Waals surface area contributed by atoms with E-state index in [1.807, 2.05) is 0 Å². The molecule has 0 radical (unpaired) electrons. The summed E-state index contributed by atoms with van der Waals surface area (Å²) in [5.41, 5.74) is 0. The first-order valence-electron chi connectivity index (χ1n) is 15.5. The molecule has 0 aliphatic carbocycles. The van der Waals surface area contributed by atoms with E-state index in [0.29, 0.717) is 0 Å². The summed E-state index contributed by atoms with van der Waals surface area (Å²) in [6.45, 7) is 31.5. The average molecular weight is 1240 g/mol. The molecule has 0 fully saturated rings. The van der Waals surface area contributed by atoms with Crippen LogP contribution in [0.1, 0.15) is 0 Å². The van der Waals surface area contributed by atoms with E-state index in [9.17, 15) is 9.59 Å². The Balaban J connectivity index is -0.0000000894. The van der Waals surface area contributed by atoms with Crippen LogP contribution < -0.4 is 68.7 Å². The summed E-state index contributed by atoms with van der Waals surface area (Å²) in [6.07, 6.45) is 0. The van der Waals surface area contributed by atoms with Crippen LogP contribution in [-0.2, 0) is 33.9 Å². The van der Waals surface area contributed by atoms with Gasteiger partial charge in [-0.05, 0) is 85.1 Å². The standard InChI is InChI=1S/C10H30O3Si4.C4H12Cl6O3Si4.2C3H9OSi.CH3Cl3Si.Cl2OS.2Na/c1-14(2,3)11-17(10,12-15(4,5)6)13-16(7,8)9;1-14(5,6)11-17(4,12-15(2,7)8)13-16(3,9)10;3*1-5(2,3)4;1-4(2)3;;/h1-10H3;1-4H3;2*1-3H3;1H3;;;/q;;2*-1;;;2*+1. The predicted molar refractivity (Wildman–Crippen MR) is 265 cm³/mol. The van der Waals surface area contributed by atoms with Gasteiger partial charge in [-0.1, -0.05) is 55.9 Å². The maximum absolute atomic E-state index is 10.2. The van der Waals surface area contributed by atoms with E-state index in [1.54, 1.807) is 72.0 Å². The smallest absolute Gasteiger partial charge is 0.859 e. The molecule has 55 heavy (non-hydrogen) atoms. The third-order valence-electron chi connectivity index (χ3n) is 2.57. The van der Waals surface area contributed by atoms with Crippen LogP contribution in [-0.4, -0.2) is 90.2 Å². The van der Waals surface area contributed by atoms with Gasteiger partial charge in [-0.2, -0.15) is 0 Å². The normalized spacial score (nSPS) is 13.3. The zero-order valence-corrected chi connectivity index (χ0v) is 60.9. The minimum Gasteiger partial charge on any atom is -0.859 e. The van der Waals surface area contributed by atoms with Gasteiger partial charge in [0.2, 0.25) is 9.23 Å². The maximum atomic E-state index is 10.2. The molecule has 0 aromatic carbocycles. The molecule has 0 spiro atoms. The molecule has 0 aromatic rings. The fourth-order valence-corrected chi connectivity index (χ4v) is 34.7. The van der Waals surface area contributed by atoms with Crippen molar-refractivity contribution in [1.82, 2.24) is 0 Å². The fourth-order valence-electron chi connectivity index (χ4n) is 2.77. The molecule has 0 amide bonds. The second kappa shape index (κ2) is 33.0. The SMILES string of the molecule is C[Si](C)(C)O[Si](C)(O[Si](C)(C)C)O[Si](C)(C)C.C[Si](C)(C)[O-].C[Si](C)(C)[O-].C[Si](Cl)(Cl)Cl.C[Si](Cl)(Cl)O[Si](C)(O[Si](C)(Cl)Cl)O[Si](C)(Cl)Cl.O=S(Cl)Cl.[Na+].[Na+]. The Bertz CT molecular complexity index is 820. The Hall–Kier alpha value is 7.41. The van der Waals surface area contributed by atoms with Gasteiger partial charge < -0.3 is 34.3 Å². The fraction of sp³-hybridized carbons (Fsp3) is 1.00. The van der Waals surface area contributed by atoms with Gasteiger partial charge in [0.05, 0.1) is 0 Å². The molecule has 9 nitrogen and oxygen atoms in total. The first-order valence-corrected chi connectivity index (χ1v) is 58.7. The first-order chi connectivity index (χ1) is 22.0. The Morgan fingerprint density at radius 1 is 0.364 bits per heavy atom. The van der Waals surface area contributed by atoms with E-state index in [1.165, 1.54) is 0 Å². The molecule has 0 heterocycles. The molecular weight excluding hydrogens is 1170 g/mol. The largest absolute Gasteiger partial charge is 1.00 e. The number of halogens is 11. The van der Waals surface area contributed by atoms with Crippen molar-refractivity contribution in [2.75, 3.05) is 0 Å². The third kappa shape index (κ3) is 115. The van der Waals surface area contributed by atoms with Crippen LogP contribution in [0.25, 0.3) is 0 Å². The van der Waals surface area contributed by atoms with Crippen LogP contribution in [0.4, 0.5) is 0 Å². The summed E-state index contributed by atoms with van der Waals surface area (Å²) in [5.74, 6) is 0. The van der Waals surface area contributed by atoms with Crippen molar-refractivity contribution in [1.29, 1.82) is 0 Å². The zero-order valence-electron chi connectivity index (χ0n) is 36.7. The molecule has 0 aromatic heterocycles. The van der Waals surface area contributed by atoms with Crippen molar-refractivity contribution in [3.05, 3.63) is 0 Å². The van der Waals surface area contributed by atoms with E-state index in [0.717, 1.165) is 0 Å². The molecule has 0 bridgehead atoms. The van der Waals surface area contributed by atoms with Crippen molar-refractivity contribution in [3.63, 3.8) is 0 Å². The minimum absolute atomic E-state index is 0. The van der Waals surface area contributed by atoms with E-state index in [2.05, 4.69) is 86.8 Å². The van der Waals surface area contributed by atoms with Gasteiger partial charge in [0.15, 0.2) is 25.0 Å². The molecule has 0 unspecified atom stereocenters. The second-order valence-electron chi connectivity index (χ2n) is 16.3. The molecule has 0 aliphatic heterocycles. The monoisotopic (exact) mass is 1230 g/mol. The van der Waals surface area contributed by atoms with Gasteiger partial charge in [0.25, 0.3) is 0 Å². The summed E-state index contributed by atoms with van der Waals surface area (Å²) >= 11 is 50.9. The number of hydrogen-bond acceptors (Lipinski definition) is 9. The summed E-state index contributed by atoms with van der Waals surface area (Å²) in [5, 5.41) is 0. The molecule has 0 N–H and O–H groups in total. The molecule has 0 saturated carbocycles. The predicted octanol–water partition coefficient (Wildman–Crippen LogP) is 6.54. The number of rotatable bonds is 12. The third-order valence-corrected chi connectivity index (χ3v) is 27.3. The van der Waals surface area contributed by atoms with Gasteiger partial charge >= 0.3 is 104 Å². The van der Waals surface area contributed by atoms with E-state index in [4.69, 9.17) is 129 Å². The van der Waals surface area contributed by atoms with Crippen molar-refractivity contribution < 1.29 is 97.6 Å². The molecular formula is C21H63Cl11Na2O9SSi11. The van der Waals surface area contributed by atoms with Crippen molar-refractivity contribution >= 4 is 216 Å². The van der Waals surface area contributed by atoms with Gasteiger partial charge in [-0.25, -0.2) is 4.21 Å². The average Bonchev–Trinajstić information content (AvgIpc) is 2.51. The van der Waals surface area contributed by atoms with Gasteiger partial charge in [-0.3, -0.25) is 0 Å². The van der Waals surface area contributed by atoms with E-state index >= 15 is 0 Å². The first kappa shape index (κ1) is 79.5. The van der Waals surface area contributed by atoms with Crippen molar-refractivity contribution in [3.8, 4) is 0 Å². The minimum atomic E-state index is -3.26. The Morgan fingerprint density at radius 2 is 0.455 bits per heavy atom. The summed E-state index contributed by atoms with van der Waals surface area (Å²) in [7, 11) is -7.00. The van der Waals surface area contributed by atoms with Crippen LogP contribution >= 0.6 is 121 Å². The van der Waals surface area contributed by atoms with Crippen LogP contribution in [0, 0.1) is 0 Å². The van der Waals surface area contributed by atoms with Crippen LogP contribution in [0.2, 0.25) is 137 Å². The zero-order chi connectivity index (χ0) is 45.3. The Morgan fingerprint density at radius 3 is 0.527 bits per heavy atom. The van der Waals surface area contributed by atoms with Crippen molar-refractivity contribution in [2.45, 2.75) is 137 Å². The summed E-state index contributed by atoms with van der Waals surface area (Å²) in [4.78, 5) is 20.5. The summed E-state index contributed by atoms with van der Waals surface area (Å²) in [6, 6.07) is -2.19. The van der Waals surface area contributed by atoms with E-state index in [-0.39, 0.29) is 59.1 Å². The molecule has 34 heteroatoms. The molecule has 0 saturated heterocycles. The van der Waals surface area contributed by atoms with Crippen molar-refractivity contribution in [2.24, 2.45) is 0 Å². The maximum Gasteiger partial charge on any atom is 1.00 e. The van der Waals surface area contributed by atoms with Crippen LogP contribution in [0.15, 0.2) is 0 Å². The molecule has 0 rings (SSSR count). The van der Waals surface area contributed by atoms with Gasteiger partial charge in [0.1, 0.15) is 0 Å². The van der Waals surface area contributed by atoms with Gasteiger partial charge in [-0.15, -0.1) is 99.7 Å². The molecule has 0 atom stereocenters. The Kier molecular flexibility index (Phi) is 47.7. The van der Waals surface area contributed by atoms with Gasteiger partial charge in [0, 0.05) is 34.5 Å². The quantitative estimate of drug-likeness (QED) is 0.122. The molecule has 330 valence electrons. The Labute approximate surface area is 444 Å². The molecule has 0 aliphatic rings. The summed E-state index contributed by atoms with van der Waals surface area (Å²) < 4.78 is 44.3. The number of hydrogen-bond donors (Lipinski definition) is 0. The topological polar surface area (TPSA) is 119 Å².